The van der Waals surface area contributed by atoms with Crippen molar-refractivity contribution in [1.82, 2.24) is 10.3 Å². The molecule has 0 saturated heterocycles. The van der Waals surface area contributed by atoms with Gasteiger partial charge in [-0.25, -0.2) is 4.39 Å². The van der Waals surface area contributed by atoms with Crippen molar-refractivity contribution in [2.24, 2.45) is 0 Å². The smallest absolute Gasteiger partial charge is 0.270 e. The van der Waals surface area contributed by atoms with Crippen LogP contribution in [-0.4, -0.2) is 16.8 Å². The number of aromatic nitrogens is 1. The van der Waals surface area contributed by atoms with Crippen LogP contribution in [0.15, 0.2) is 72.9 Å². The summed E-state index contributed by atoms with van der Waals surface area (Å²) in [7, 11) is 0. The summed E-state index contributed by atoms with van der Waals surface area (Å²) in [5.74, 6) is -1.17. The molecular formula is C21H18FN3O2. The van der Waals surface area contributed by atoms with Gasteiger partial charge in [0.15, 0.2) is 0 Å². The Kier molecular flexibility index (Phi) is 5.56. The first-order valence-electron chi connectivity index (χ1n) is 8.42. The number of pyridine rings is 1. The largest absolute Gasteiger partial charge is 0.344 e. The van der Waals surface area contributed by atoms with E-state index in [1.54, 1.807) is 0 Å². The number of hydrogen-bond acceptors (Lipinski definition) is 3. The molecule has 3 aromatic rings. The maximum absolute atomic E-state index is 13.0. The van der Waals surface area contributed by atoms with E-state index < -0.39 is 5.91 Å². The quantitative estimate of drug-likeness (QED) is 0.721. The number of benzene rings is 2. The van der Waals surface area contributed by atoms with Crippen LogP contribution in [0.3, 0.4) is 0 Å². The van der Waals surface area contributed by atoms with Gasteiger partial charge in [0.05, 0.1) is 6.04 Å². The van der Waals surface area contributed by atoms with Gasteiger partial charge in [-0.05, 0) is 48.9 Å². The summed E-state index contributed by atoms with van der Waals surface area (Å²) in [5.41, 5.74) is 1.86. The van der Waals surface area contributed by atoms with Crippen LogP contribution in [0.5, 0.6) is 0 Å². The minimum absolute atomic E-state index is 0.143. The fraction of sp³-hybridized carbons (Fsp3) is 0.0952. The molecular weight excluding hydrogens is 345 g/mol. The molecule has 2 amide bonds. The normalized spacial score (nSPS) is 11.5. The molecule has 0 saturated carbocycles. The second-order valence-electron chi connectivity index (χ2n) is 6.00. The van der Waals surface area contributed by atoms with E-state index in [9.17, 15) is 14.0 Å². The fourth-order valence-corrected chi connectivity index (χ4v) is 2.53. The van der Waals surface area contributed by atoms with Crippen molar-refractivity contribution in [2.75, 3.05) is 5.32 Å². The average Bonchev–Trinajstić information content (AvgIpc) is 2.70. The SMILES string of the molecule is CC(NC(=O)c1cc(C(=O)Nc2ccc(F)cc2)ccn1)c1ccccc1. The van der Waals surface area contributed by atoms with E-state index in [2.05, 4.69) is 15.6 Å². The van der Waals surface area contributed by atoms with Gasteiger partial charge < -0.3 is 10.6 Å². The minimum atomic E-state index is -0.408. The van der Waals surface area contributed by atoms with Crippen LogP contribution in [0, 0.1) is 5.82 Å². The molecule has 6 heteroatoms. The van der Waals surface area contributed by atoms with Crippen molar-refractivity contribution in [3.8, 4) is 0 Å². The average molecular weight is 363 g/mol. The summed E-state index contributed by atoms with van der Waals surface area (Å²) >= 11 is 0. The monoisotopic (exact) mass is 363 g/mol. The molecule has 3 rings (SSSR count). The molecule has 0 spiro atoms. The molecule has 0 aliphatic rings. The first-order chi connectivity index (χ1) is 13.0. The first-order valence-corrected chi connectivity index (χ1v) is 8.42. The maximum Gasteiger partial charge on any atom is 0.270 e. The van der Waals surface area contributed by atoms with Gasteiger partial charge in [-0.2, -0.15) is 0 Å². The maximum atomic E-state index is 13.0. The lowest BCUT2D eigenvalue weighted by Gasteiger charge is -2.14. The first kappa shape index (κ1) is 18.3. The number of nitrogens with one attached hydrogen (secondary N) is 2. The molecule has 1 unspecified atom stereocenters. The lowest BCUT2D eigenvalue weighted by molar-refractivity contribution is 0.0935. The number of halogens is 1. The molecule has 0 aliphatic carbocycles. The molecule has 2 aromatic carbocycles. The molecule has 5 nitrogen and oxygen atoms in total. The van der Waals surface area contributed by atoms with E-state index in [1.165, 1.54) is 42.6 Å². The molecule has 0 bridgehead atoms. The molecule has 1 heterocycles. The van der Waals surface area contributed by atoms with Crippen LogP contribution in [0.1, 0.15) is 39.4 Å². The molecule has 1 aromatic heterocycles. The Morgan fingerprint density at radius 1 is 0.963 bits per heavy atom. The van der Waals surface area contributed by atoms with Gasteiger partial charge in [-0.1, -0.05) is 30.3 Å². The highest BCUT2D eigenvalue weighted by molar-refractivity contribution is 6.05. The Labute approximate surface area is 156 Å². The number of carbonyl (C=O) groups is 2. The Morgan fingerprint density at radius 3 is 2.37 bits per heavy atom. The lowest BCUT2D eigenvalue weighted by atomic mass is 10.1. The molecule has 0 aliphatic heterocycles. The van der Waals surface area contributed by atoms with Gasteiger partial charge >= 0.3 is 0 Å². The summed E-state index contributed by atoms with van der Waals surface area (Å²) in [5, 5.41) is 5.51. The van der Waals surface area contributed by atoms with Crippen molar-refractivity contribution in [3.05, 3.63) is 95.6 Å². The van der Waals surface area contributed by atoms with E-state index in [0.29, 0.717) is 5.69 Å². The Morgan fingerprint density at radius 2 is 1.67 bits per heavy atom. The molecule has 2 N–H and O–H groups in total. The van der Waals surface area contributed by atoms with Crippen LogP contribution in [0.4, 0.5) is 10.1 Å². The summed E-state index contributed by atoms with van der Waals surface area (Å²) in [6, 6.07) is 17.7. The Balaban J connectivity index is 1.69. The second kappa shape index (κ2) is 8.23. The number of amides is 2. The minimum Gasteiger partial charge on any atom is -0.344 e. The number of carbonyl (C=O) groups excluding carboxylic acids is 2. The van der Waals surface area contributed by atoms with Crippen molar-refractivity contribution < 1.29 is 14.0 Å². The second-order valence-corrected chi connectivity index (χ2v) is 6.00. The number of hydrogen-bond donors (Lipinski definition) is 2. The molecule has 27 heavy (non-hydrogen) atoms. The van der Waals surface area contributed by atoms with E-state index in [1.807, 2.05) is 37.3 Å². The van der Waals surface area contributed by atoms with E-state index in [4.69, 9.17) is 0 Å². The summed E-state index contributed by atoms with van der Waals surface area (Å²) in [6.07, 6.45) is 1.40. The van der Waals surface area contributed by atoms with Crippen LogP contribution in [0.2, 0.25) is 0 Å². The highest BCUT2D eigenvalue weighted by Gasteiger charge is 2.15. The molecule has 0 fully saturated rings. The van der Waals surface area contributed by atoms with Crippen molar-refractivity contribution in [3.63, 3.8) is 0 Å². The molecule has 1 atom stereocenters. The highest BCUT2D eigenvalue weighted by atomic mass is 19.1. The topological polar surface area (TPSA) is 71.1 Å². The summed E-state index contributed by atoms with van der Waals surface area (Å²) in [6.45, 7) is 1.87. The van der Waals surface area contributed by atoms with Crippen molar-refractivity contribution >= 4 is 17.5 Å². The van der Waals surface area contributed by atoms with Crippen LogP contribution in [-0.2, 0) is 0 Å². The van der Waals surface area contributed by atoms with Crippen molar-refractivity contribution in [1.29, 1.82) is 0 Å². The van der Waals surface area contributed by atoms with Gasteiger partial charge in [0.2, 0.25) is 0 Å². The van der Waals surface area contributed by atoms with Crippen molar-refractivity contribution in [2.45, 2.75) is 13.0 Å². The Bertz CT molecular complexity index is 943. The number of rotatable bonds is 5. The zero-order chi connectivity index (χ0) is 19.2. The van der Waals surface area contributed by atoms with Gasteiger partial charge in [0.1, 0.15) is 11.5 Å². The number of nitrogens with zero attached hydrogens (tertiary/aromatic N) is 1. The summed E-state index contributed by atoms with van der Waals surface area (Å²) in [4.78, 5) is 28.9. The predicted molar refractivity (Wildman–Crippen MR) is 101 cm³/mol. The zero-order valence-corrected chi connectivity index (χ0v) is 14.6. The van der Waals surface area contributed by atoms with Crippen LogP contribution >= 0.6 is 0 Å². The van der Waals surface area contributed by atoms with E-state index >= 15 is 0 Å². The third kappa shape index (κ3) is 4.76. The number of anilines is 1. The van der Waals surface area contributed by atoms with Gasteiger partial charge in [-0.3, -0.25) is 14.6 Å². The van der Waals surface area contributed by atoms with Crippen LogP contribution in [0.25, 0.3) is 0 Å². The Hall–Kier alpha value is -3.54. The third-order valence-electron chi connectivity index (χ3n) is 4.00. The van der Waals surface area contributed by atoms with Gasteiger partial charge in [0.25, 0.3) is 11.8 Å². The van der Waals surface area contributed by atoms with Gasteiger partial charge in [-0.15, -0.1) is 0 Å². The fourth-order valence-electron chi connectivity index (χ4n) is 2.53. The predicted octanol–water partition coefficient (Wildman–Crippen LogP) is 3.96. The third-order valence-corrected chi connectivity index (χ3v) is 4.00. The standard InChI is InChI=1S/C21H18FN3O2/c1-14(15-5-3-2-4-6-15)24-21(27)19-13-16(11-12-23-19)20(26)25-18-9-7-17(22)8-10-18/h2-14H,1H3,(H,24,27)(H,25,26). The molecule has 136 valence electrons. The summed E-state index contributed by atoms with van der Waals surface area (Å²) < 4.78 is 13.0. The molecule has 0 radical (unpaired) electrons. The highest BCUT2D eigenvalue weighted by Crippen LogP contribution is 2.14. The van der Waals surface area contributed by atoms with E-state index in [0.717, 1.165) is 5.56 Å². The van der Waals surface area contributed by atoms with Crippen LogP contribution < -0.4 is 10.6 Å². The van der Waals surface area contributed by atoms with Gasteiger partial charge in [0, 0.05) is 17.4 Å². The van der Waals surface area contributed by atoms with E-state index in [-0.39, 0.29) is 29.0 Å². The lowest BCUT2D eigenvalue weighted by Crippen LogP contribution is -2.27. The zero-order valence-electron chi connectivity index (χ0n) is 14.6.